The molecule has 2 N–H and O–H groups in total. The van der Waals surface area contributed by atoms with Gasteiger partial charge in [-0.3, -0.25) is 9.59 Å². The topological polar surface area (TPSA) is 62.0 Å². The third kappa shape index (κ3) is 3.09. The summed E-state index contributed by atoms with van der Waals surface area (Å²) in [7, 11) is 0. The van der Waals surface area contributed by atoms with Gasteiger partial charge in [-0.2, -0.15) is 0 Å². The van der Waals surface area contributed by atoms with Gasteiger partial charge < -0.3 is 10.3 Å². The monoisotopic (exact) mass is 356 g/mol. The van der Waals surface area contributed by atoms with E-state index in [0.717, 1.165) is 15.4 Å². The maximum Gasteiger partial charge on any atom is 0.252 e. The number of hydrogen-bond donors (Lipinski definition) is 2. The molecule has 0 saturated carbocycles. The van der Waals surface area contributed by atoms with Gasteiger partial charge in [0, 0.05) is 28.0 Å². The van der Waals surface area contributed by atoms with Crippen molar-refractivity contribution in [1.29, 1.82) is 0 Å². The fourth-order valence-corrected chi connectivity index (χ4v) is 2.76. The van der Waals surface area contributed by atoms with Crippen LogP contribution in [0.1, 0.15) is 15.9 Å². The van der Waals surface area contributed by atoms with Crippen molar-refractivity contribution in [2.45, 2.75) is 6.54 Å². The predicted octanol–water partition coefficient (Wildman–Crippen LogP) is 3.22. The number of amides is 1. The van der Waals surface area contributed by atoms with Crippen LogP contribution in [0, 0.1) is 0 Å². The number of rotatable bonds is 3. The van der Waals surface area contributed by atoms with Gasteiger partial charge in [0.25, 0.3) is 5.91 Å². The van der Waals surface area contributed by atoms with Gasteiger partial charge in [0.2, 0.25) is 5.56 Å². The Bertz CT molecular complexity index is 902. The molecule has 0 unspecified atom stereocenters. The first-order valence-electron chi connectivity index (χ1n) is 6.78. The highest BCUT2D eigenvalue weighted by atomic mass is 79.9. The largest absolute Gasteiger partial charge is 0.348 e. The van der Waals surface area contributed by atoms with Gasteiger partial charge in [0.05, 0.1) is 5.56 Å². The minimum absolute atomic E-state index is 0.262. The van der Waals surface area contributed by atoms with E-state index in [1.54, 1.807) is 6.07 Å². The lowest BCUT2D eigenvalue weighted by Crippen LogP contribution is -2.24. The summed E-state index contributed by atoms with van der Waals surface area (Å²) >= 11 is 3.40. The van der Waals surface area contributed by atoms with E-state index in [2.05, 4.69) is 26.2 Å². The van der Waals surface area contributed by atoms with Crippen LogP contribution in [-0.2, 0) is 6.54 Å². The third-order valence-corrected chi connectivity index (χ3v) is 3.83. The molecule has 0 radical (unpaired) electrons. The Morgan fingerprint density at radius 2 is 1.91 bits per heavy atom. The molecule has 1 heterocycles. The van der Waals surface area contributed by atoms with E-state index < -0.39 is 0 Å². The summed E-state index contributed by atoms with van der Waals surface area (Å²) in [6.45, 7) is 0.402. The maximum atomic E-state index is 12.4. The molecule has 22 heavy (non-hydrogen) atoms. The van der Waals surface area contributed by atoms with Crippen LogP contribution in [0.25, 0.3) is 10.9 Å². The zero-order valence-corrected chi connectivity index (χ0v) is 13.2. The molecule has 0 aliphatic carbocycles. The number of pyridine rings is 1. The number of para-hydroxylation sites is 1. The number of carbonyl (C=O) groups is 1. The first kappa shape index (κ1) is 14.5. The molecular formula is C17H13BrN2O2. The minimum atomic E-state index is -0.286. The number of halogens is 1. The summed E-state index contributed by atoms with van der Waals surface area (Å²) in [5, 5.41) is 3.58. The maximum absolute atomic E-state index is 12.4. The molecule has 4 nitrogen and oxygen atoms in total. The Morgan fingerprint density at radius 3 is 2.73 bits per heavy atom. The summed E-state index contributed by atoms with van der Waals surface area (Å²) in [5.41, 5.74) is 1.74. The van der Waals surface area contributed by atoms with Crippen LogP contribution in [0.2, 0.25) is 0 Å². The van der Waals surface area contributed by atoms with E-state index in [4.69, 9.17) is 0 Å². The molecule has 1 aromatic heterocycles. The van der Waals surface area contributed by atoms with Crippen molar-refractivity contribution in [3.8, 4) is 0 Å². The van der Waals surface area contributed by atoms with Crippen molar-refractivity contribution in [1.82, 2.24) is 10.3 Å². The van der Waals surface area contributed by atoms with E-state index in [9.17, 15) is 9.59 Å². The number of carbonyl (C=O) groups excluding carboxylic acids is 1. The molecule has 5 heteroatoms. The molecule has 110 valence electrons. The van der Waals surface area contributed by atoms with Gasteiger partial charge >= 0.3 is 0 Å². The molecule has 0 spiro atoms. The summed E-state index contributed by atoms with van der Waals surface area (Å²) in [6.07, 6.45) is 0. The number of aromatic nitrogens is 1. The van der Waals surface area contributed by atoms with Crippen molar-refractivity contribution < 1.29 is 4.79 Å². The van der Waals surface area contributed by atoms with Gasteiger partial charge in [-0.05, 0) is 23.8 Å². The molecule has 1 amide bonds. The summed E-state index contributed by atoms with van der Waals surface area (Å²) in [5.74, 6) is -0.262. The number of aromatic amines is 1. The normalized spacial score (nSPS) is 10.6. The standard InChI is InChI=1S/C17H13BrN2O2/c18-12-5-3-4-11(8-12)10-19-17(22)14-9-16(21)20-15-7-2-1-6-13(14)15/h1-9H,10H2,(H,19,22)(H,20,21). The summed E-state index contributed by atoms with van der Waals surface area (Å²) < 4.78 is 0.959. The van der Waals surface area contributed by atoms with Crippen LogP contribution in [0.3, 0.4) is 0 Å². The number of nitrogens with one attached hydrogen (secondary N) is 2. The van der Waals surface area contributed by atoms with Gasteiger partial charge in [-0.1, -0.05) is 46.3 Å². The van der Waals surface area contributed by atoms with Crippen LogP contribution >= 0.6 is 15.9 Å². The van der Waals surface area contributed by atoms with Crippen molar-refractivity contribution in [3.05, 3.63) is 80.6 Å². The Hall–Kier alpha value is -2.40. The Morgan fingerprint density at radius 1 is 1.09 bits per heavy atom. The average Bonchev–Trinajstić information content (AvgIpc) is 2.52. The molecular weight excluding hydrogens is 344 g/mol. The number of hydrogen-bond acceptors (Lipinski definition) is 2. The molecule has 0 bridgehead atoms. The van der Waals surface area contributed by atoms with Gasteiger partial charge in [0.1, 0.15) is 0 Å². The second-order valence-electron chi connectivity index (χ2n) is 4.91. The third-order valence-electron chi connectivity index (χ3n) is 3.34. The van der Waals surface area contributed by atoms with Crippen molar-refractivity contribution in [2.24, 2.45) is 0 Å². The SMILES string of the molecule is O=C(NCc1cccc(Br)c1)c1cc(=O)[nH]c2ccccc12. The average molecular weight is 357 g/mol. The fourth-order valence-electron chi connectivity index (χ4n) is 2.32. The van der Waals surface area contributed by atoms with E-state index in [1.165, 1.54) is 6.07 Å². The van der Waals surface area contributed by atoms with Gasteiger partial charge in [-0.25, -0.2) is 0 Å². The molecule has 0 atom stereocenters. The Kier molecular flexibility index (Phi) is 4.06. The second kappa shape index (κ2) is 6.15. The number of benzene rings is 2. The molecule has 3 rings (SSSR count). The highest BCUT2D eigenvalue weighted by molar-refractivity contribution is 9.10. The lowest BCUT2D eigenvalue weighted by molar-refractivity contribution is 0.0952. The lowest BCUT2D eigenvalue weighted by Gasteiger charge is -2.08. The first-order chi connectivity index (χ1) is 10.6. The zero-order chi connectivity index (χ0) is 15.5. The van der Waals surface area contributed by atoms with Crippen LogP contribution in [0.5, 0.6) is 0 Å². The summed E-state index contributed by atoms with van der Waals surface area (Å²) in [4.78, 5) is 26.8. The van der Waals surface area contributed by atoms with Gasteiger partial charge in [0.15, 0.2) is 0 Å². The van der Waals surface area contributed by atoms with Crippen molar-refractivity contribution in [2.75, 3.05) is 0 Å². The van der Waals surface area contributed by atoms with Crippen molar-refractivity contribution >= 4 is 32.7 Å². The second-order valence-corrected chi connectivity index (χ2v) is 5.82. The van der Waals surface area contributed by atoms with E-state index in [-0.39, 0.29) is 11.5 Å². The Labute approximate surface area is 135 Å². The van der Waals surface area contributed by atoms with Crippen LogP contribution in [-0.4, -0.2) is 10.9 Å². The molecule has 0 saturated heterocycles. The molecule has 0 aliphatic rings. The molecule has 3 aromatic rings. The zero-order valence-electron chi connectivity index (χ0n) is 11.6. The van der Waals surface area contributed by atoms with Gasteiger partial charge in [-0.15, -0.1) is 0 Å². The minimum Gasteiger partial charge on any atom is -0.348 e. The van der Waals surface area contributed by atoms with Crippen LogP contribution < -0.4 is 10.9 Å². The van der Waals surface area contributed by atoms with E-state index in [1.807, 2.05) is 42.5 Å². The number of fused-ring (bicyclic) bond motifs is 1. The highest BCUT2D eigenvalue weighted by Crippen LogP contribution is 2.15. The van der Waals surface area contributed by atoms with Crippen LogP contribution in [0.4, 0.5) is 0 Å². The number of H-pyrrole nitrogens is 1. The first-order valence-corrected chi connectivity index (χ1v) is 7.57. The molecule has 2 aromatic carbocycles. The summed E-state index contributed by atoms with van der Waals surface area (Å²) in [6, 6.07) is 16.3. The van der Waals surface area contributed by atoms with E-state index in [0.29, 0.717) is 17.6 Å². The van der Waals surface area contributed by atoms with E-state index >= 15 is 0 Å². The Balaban J connectivity index is 1.88. The fraction of sp³-hybridized carbons (Fsp3) is 0.0588. The quantitative estimate of drug-likeness (QED) is 0.756. The molecule has 0 fully saturated rings. The highest BCUT2D eigenvalue weighted by Gasteiger charge is 2.11. The van der Waals surface area contributed by atoms with Crippen molar-refractivity contribution in [3.63, 3.8) is 0 Å². The molecule has 0 aliphatic heterocycles. The van der Waals surface area contributed by atoms with Crippen LogP contribution in [0.15, 0.2) is 63.9 Å². The predicted molar refractivity (Wildman–Crippen MR) is 89.9 cm³/mol. The lowest BCUT2D eigenvalue weighted by atomic mass is 10.1. The smallest absolute Gasteiger partial charge is 0.252 e.